The number of amides is 2. The van der Waals surface area contributed by atoms with Crippen molar-refractivity contribution in [3.05, 3.63) is 48.3 Å². The normalized spacial score (nSPS) is 14.0. The van der Waals surface area contributed by atoms with E-state index in [0.717, 1.165) is 33.7 Å². The number of methoxy groups -OCH3 is 1. The summed E-state index contributed by atoms with van der Waals surface area (Å²) in [5.41, 5.74) is 2.35. The Morgan fingerprint density at radius 2 is 1.71 bits per heavy atom. The van der Waals surface area contributed by atoms with E-state index in [0.29, 0.717) is 51.6 Å². The van der Waals surface area contributed by atoms with Gasteiger partial charge in [-0.1, -0.05) is 0 Å². The number of hydrogen-bond donors (Lipinski definition) is 1. The van der Waals surface area contributed by atoms with E-state index in [1.807, 2.05) is 50.2 Å². The minimum absolute atomic E-state index is 0.0912. The molecule has 0 atom stereocenters. The molecule has 1 saturated heterocycles. The number of aromatic nitrogens is 2. The fourth-order valence-corrected chi connectivity index (χ4v) is 6.41. The van der Waals surface area contributed by atoms with Crippen LogP contribution >= 0.6 is 7.60 Å². The first-order valence-corrected chi connectivity index (χ1v) is 15.7. The van der Waals surface area contributed by atoms with Gasteiger partial charge in [0.2, 0.25) is 0 Å². The van der Waals surface area contributed by atoms with Crippen molar-refractivity contribution in [3.63, 3.8) is 0 Å². The number of urea groups is 1. The Morgan fingerprint density at radius 3 is 2.32 bits per heavy atom. The van der Waals surface area contributed by atoms with E-state index in [1.165, 1.54) is 0 Å². The van der Waals surface area contributed by atoms with Crippen molar-refractivity contribution in [2.45, 2.75) is 40.2 Å². The monoisotopic (exact) mass is 585 g/mol. The van der Waals surface area contributed by atoms with Crippen molar-refractivity contribution in [1.29, 1.82) is 0 Å². The quantitative estimate of drug-likeness (QED) is 0.272. The molecule has 2 aromatic carbocycles. The minimum Gasteiger partial charge on any atom is -0.496 e. The van der Waals surface area contributed by atoms with Gasteiger partial charge in [-0.2, -0.15) is 0 Å². The molecule has 0 saturated carbocycles. The number of hydrogen-bond acceptors (Lipinski definition) is 9. The summed E-state index contributed by atoms with van der Waals surface area (Å²) in [6, 6.07) is 11.1. The lowest BCUT2D eigenvalue weighted by Crippen LogP contribution is -2.50. The van der Waals surface area contributed by atoms with Gasteiger partial charge in [0.15, 0.2) is 0 Å². The Kier molecular flexibility index (Phi) is 10.4. The number of benzene rings is 2. The summed E-state index contributed by atoms with van der Waals surface area (Å²) < 4.78 is 35.2. The van der Waals surface area contributed by atoms with Crippen LogP contribution in [0, 0.1) is 0 Å². The van der Waals surface area contributed by atoms with Gasteiger partial charge in [-0.15, -0.1) is 0 Å². The number of anilines is 2. The van der Waals surface area contributed by atoms with E-state index in [4.69, 9.17) is 18.5 Å². The third kappa shape index (κ3) is 7.87. The van der Waals surface area contributed by atoms with Gasteiger partial charge in [0.05, 0.1) is 38.1 Å². The number of aryl methyl sites for hydroxylation is 1. The van der Waals surface area contributed by atoms with Gasteiger partial charge in [-0.3, -0.25) is 4.57 Å². The number of ether oxygens (including phenoxy) is 2. The predicted octanol–water partition coefficient (Wildman–Crippen LogP) is 5.59. The molecule has 0 spiro atoms. The third-order valence-electron chi connectivity index (χ3n) is 6.67. The Balaban J connectivity index is 1.42. The SMILES string of the molecule is CCOP(=O)(CCc1cc2ncnc(N3CCN(C(=O)Nc4ccc(OC(C)C)cc4)CC3)c2cc1OC)OCC. The number of carbonyl (C=O) groups is 1. The van der Waals surface area contributed by atoms with Crippen molar-refractivity contribution in [2.75, 3.05) is 62.9 Å². The molecule has 222 valence electrons. The highest BCUT2D eigenvalue weighted by molar-refractivity contribution is 7.53. The number of rotatable bonds is 12. The molecule has 0 bridgehead atoms. The molecule has 1 aliphatic heterocycles. The smallest absolute Gasteiger partial charge is 0.330 e. The van der Waals surface area contributed by atoms with Crippen molar-refractivity contribution in [3.8, 4) is 11.5 Å². The average Bonchev–Trinajstić information content (AvgIpc) is 2.96. The van der Waals surface area contributed by atoms with E-state index in [2.05, 4.69) is 20.2 Å². The highest BCUT2D eigenvalue weighted by atomic mass is 31.2. The average molecular weight is 586 g/mol. The van der Waals surface area contributed by atoms with Gasteiger partial charge in [-0.05, 0) is 76.1 Å². The zero-order chi connectivity index (χ0) is 29.4. The zero-order valence-corrected chi connectivity index (χ0v) is 25.4. The second kappa shape index (κ2) is 14.0. The molecule has 1 N–H and O–H groups in total. The number of nitrogens with zero attached hydrogens (tertiary/aromatic N) is 4. The molecular formula is C29H40N5O6P. The lowest BCUT2D eigenvalue weighted by atomic mass is 10.1. The van der Waals surface area contributed by atoms with E-state index in [9.17, 15) is 9.36 Å². The first kappa shape index (κ1) is 30.6. The summed E-state index contributed by atoms with van der Waals surface area (Å²) in [5.74, 6) is 2.22. The fraction of sp³-hybridized carbons (Fsp3) is 0.483. The Morgan fingerprint density at radius 1 is 1.02 bits per heavy atom. The topological polar surface area (TPSA) is 115 Å². The molecule has 1 aromatic heterocycles. The van der Waals surface area contributed by atoms with Gasteiger partial charge in [-0.25, -0.2) is 14.8 Å². The first-order chi connectivity index (χ1) is 19.7. The van der Waals surface area contributed by atoms with Crippen LogP contribution in [0.25, 0.3) is 10.9 Å². The van der Waals surface area contributed by atoms with Crippen LogP contribution < -0.4 is 19.7 Å². The largest absolute Gasteiger partial charge is 0.496 e. The third-order valence-corrected chi connectivity index (χ3v) is 8.74. The van der Waals surface area contributed by atoms with Gasteiger partial charge >= 0.3 is 13.6 Å². The van der Waals surface area contributed by atoms with Crippen LogP contribution in [0.2, 0.25) is 0 Å². The lowest BCUT2D eigenvalue weighted by molar-refractivity contribution is 0.208. The zero-order valence-electron chi connectivity index (χ0n) is 24.5. The standard InChI is InChI=1S/C29H40N5O6P/c1-6-38-41(36,39-7-2)17-12-22-18-26-25(19-27(22)37-5)28(31-20-30-26)33-13-15-34(16-14-33)29(35)32-23-8-10-24(11-9-23)40-21(3)4/h8-11,18-21H,6-7,12-17H2,1-5H3,(H,32,35). The molecule has 12 heteroatoms. The van der Waals surface area contributed by atoms with Gasteiger partial charge in [0.1, 0.15) is 23.6 Å². The van der Waals surface area contributed by atoms with Crippen LogP contribution in [0.5, 0.6) is 11.5 Å². The van der Waals surface area contributed by atoms with Crippen LogP contribution in [0.15, 0.2) is 42.7 Å². The highest BCUT2D eigenvalue weighted by Crippen LogP contribution is 2.49. The summed E-state index contributed by atoms with van der Waals surface area (Å²) in [7, 11) is -1.58. The van der Waals surface area contributed by atoms with Crippen LogP contribution in [0.1, 0.15) is 33.3 Å². The molecule has 41 heavy (non-hydrogen) atoms. The fourth-order valence-electron chi connectivity index (χ4n) is 4.78. The molecule has 1 aliphatic rings. The first-order valence-electron chi connectivity index (χ1n) is 14.0. The predicted molar refractivity (Wildman–Crippen MR) is 161 cm³/mol. The Hall–Kier alpha value is -3.40. The molecule has 3 aromatic rings. The van der Waals surface area contributed by atoms with Gasteiger partial charge in [0.25, 0.3) is 0 Å². The van der Waals surface area contributed by atoms with Crippen LogP contribution in [0.3, 0.4) is 0 Å². The van der Waals surface area contributed by atoms with Crippen molar-refractivity contribution in [1.82, 2.24) is 14.9 Å². The molecule has 4 rings (SSSR count). The summed E-state index contributed by atoms with van der Waals surface area (Å²) in [6.45, 7) is 10.5. The van der Waals surface area contributed by atoms with E-state index < -0.39 is 7.60 Å². The van der Waals surface area contributed by atoms with Gasteiger partial charge in [0, 0.05) is 37.3 Å². The molecule has 1 fully saturated rings. The second-order valence-electron chi connectivity index (χ2n) is 9.89. The molecule has 0 unspecified atom stereocenters. The minimum atomic E-state index is -3.19. The van der Waals surface area contributed by atoms with Crippen LogP contribution in [-0.4, -0.2) is 79.7 Å². The van der Waals surface area contributed by atoms with Crippen molar-refractivity contribution >= 4 is 36.0 Å². The molecule has 2 amide bonds. The summed E-state index contributed by atoms with van der Waals surface area (Å²) >= 11 is 0. The summed E-state index contributed by atoms with van der Waals surface area (Å²) in [5, 5.41) is 3.82. The van der Waals surface area contributed by atoms with E-state index >= 15 is 0 Å². The molecule has 11 nitrogen and oxygen atoms in total. The van der Waals surface area contributed by atoms with Crippen LogP contribution in [0.4, 0.5) is 16.3 Å². The van der Waals surface area contributed by atoms with Gasteiger partial charge < -0.3 is 33.6 Å². The number of carbonyl (C=O) groups excluding carboxylic acids is 1. The Labute approximate surface area is 241 Å². The maximum absolute atomic E-state index is 13.0. The van der Waals surface area contributed by atoms with E-state index in [-0.39, 0.29) is 18.3 Å². The molecule has 2 heterocycles. The van der Waals surface area contributed by atoms with E-state index in [1.54, 1.807) is 32.2 Å². The number of nitrogens with one attached hydrogen (secondary N) is 1. The molecule has 0 radical (unpaired) electrons. The summed E-state index contributed by atoms with van der Waals surface area (Å²) in [4.78, 5) is 25.9. The number of piperazine rings is 1. The van der Waals surface area contributed by atoms with Crippen molar-refractivity contribution in [2.24, 2.45) is 0 Å². The lowest BCUT2D eigenvalue weighted by Gasteiger charge is -2.35. The second-order valence-corrected chi connectivity index (χ2v) is 12.1. The van der Waals surface area contributed by atoms with Crippen molar-refractivity contribution < 1.29 is 27.9 Å². The number of fused-ring (bicyclic) bond motifs is 1. The maximum atomic E-state index is 13.0. The summed E-state index contributed by atoms with van der Waals surface area (Å²) in [6.07, 6.45) is 2.34. The Bertz CT molecular complexity index is 1350. The highest BCUT2D eigenvalue weighted by Gasteiger charge is 2.26. The maximum Gasteiger partial charge on any atom is 0.330 e. The van der Waals surface area contributed by atoms with Crippen LogP contribution in [-0.2, 0) is 20.0 Å². The molecule has 0 aliphatic carbocycles. The molecular weight excluding hydrogens is 545 g/mol.